The predicted octanol–water partition coefficient (Wildman–Crippen LogP) is -0.577. The van der Waals surface area contributed by atoms with Gasteiger partial charge >= 0.3 is 0 Å². The Balaban J connectivity index is 2.08. The zero-order valence-electron chi connectivity index (χ0n) is 9.74. The van der Waals surface area contributed by atoms with Gasteiger partial charge in [-0.3, -0.25) is 14.3 Å². The minimum atomic E-state index is -0.770. The molecule has 0 unspecified atom stereocenters. The Hall–Kier alpha value is -1.55. The van der Waals surface area contributed by atoms with Crippen molar-refractivity contribution in [1.29, 1.82) is 0 Å². The Morgan fingerprint density at radius 1 is 1.58 bits per heavy atom. The van der Waals surface area contributed by atoms with Crippen molar-refractivity contribution in [3.05, 3.63) is 21.5 Å². The molecular weight excluding hydrogens is 272 g/mol. The van der Waals surface area contributed by atoms with Gasteiger partial charge in [-0.25, -0.2) is 4.98 Å². The summed E-state index contributed by atoms with van der Waals surface area (Å²) in [5.41, 5.74) is 0.283. The van der Waals surface area contributed by atoms with Crippen LogP contribution in [0.1, 0.15) is 12.6 Å². The van der Waals surface area contributed by atoms with Crippen LogP contribution in [-0.2, 0) is 4.74 Å². The number of hydrogen-bond acceptors (Lipinski definition) is 6. The largest absolute Gasteiger partial charge is 0.394 e. The monoisotopic (exact) mass is 284 g/mol. The summed E-state index contributed by atoms with van der Waals surface area (Å²) < 4.78 is 7.21. The second kappa shape index (κ2) is 4.53. The number of fused-ring (bicyclic) bond motifs is 1. The van der Waals surface area contributed by atoms with E-state index in [4.69, 9.17) is 22.1 Å². The van der Waals surface area contributed by atoms with Crippen LogP contribution in [0.5, 0.6) is 0 Å². The zero-order chi connectivity index (χ0) is 13.6. The number of aromatic amines is 2. The van der Waals surface area contributed by atoms with Crippen LogP contribution in [0.25, 0.3) is 11.2 Å². The second-order valence-electron chi connectivity index (χ2n) is 4.37. The zero-order valence-corrected chi connectivity index (χ0v) is 10.6. The molecule has 0 amide bonds. The Morgan fingerprint density at radius 3 is 3.05 bits per heavy atom. The topological polar surface area (TPSA) is 116 Å². The molecule has 8 nitrogen and oxygen atoms in total. The molecule has 19 heavy (non-hydrogen) atoms. The van der Waals surface area contributed by atoms with E-state index in [1.807, 2.05) is 0 Å². The molecule has 0 radical (unpaired) electrons. The molecule has 4 N–H and O–H groups in total. The number of aliphatic hydroxyl groups is 2. The summed E-state index contributed by atoms with van der Waals surface area (Å²) in [5.74, 6) is 0. The molecule has 102 valence electrons. The van der Waals surface area contributed by atoms with E-state index in [1.54, 1.807) is 0 Å². The minimum absolute atomic E-state index is 0.198. The molecule has 2 aromatic rings. The quantitative estimate of drug-likeness (QED) is 0.548. The van der Waals surface area contributed by atoms with Gasteiger partial charge in [0.2, 0.25) is 0 Å². The standard InChI is InChI=1S/C10H12N4O4S/c15-2-5-4(16)1-6(18-5)14-3-11-8-7(14)9(17)13-10(19)12-8/h3-6,15-16H,1-2H2,(H2,12,13,17,19)/t4-,5+,6-/m0/s1. The smallest absolute Gasteiger partial charge is 0.278 e. The first kappa shape index (κ1) is 12.5. The van der Waals surface area contributed by atoms with Crippen LogP contribution in [0.15, 0.2) is 11.1 Å². The lowest BCUT2D eigenvalue weighted by Gasteiger charge is -2.13. The second-order valence-corrected chi connectivity index (χ2v) is 4.78. The van der Waals surface area contributed by atoms with E-state index in [1.165, 1.54) is 10.9 Å². The fraction of sp³-hybridized carbons (Fsp3) is 0.500. The third-order valence-corrected chi connectivity index (χ3v) is 3.37. The summed E-state index contributed by atoms with van der Waals surface area (Å²) in [4.78, 5) is 21.2. The molecule has 1 fully saturated rings. The fourth-order valence-corrected chi connectivity index (χ4v) is 2.44. The van der Waals surface area contributed by atoms with E-state index in [2.05, 4.69) is 15.0 Å². The number of hydrogen-bond donors (Lipinski definition) is 4. The number of nitrogens with one attached hydrogen (secondary N) is 2. The van der Waals surface area contributed by atoms with Crippen molar-refractivity contribution in [2.45, 2.75) is 24.9 Å². The van der Waals surface area contributed by atoms with E-state index in [0.29, 0.717) is 11.2 Å². The Morgan fingerprint density at radius 2 is 2.37 bits per heavy atom. The summed E-state index contributed by atoms with van der Waals surface area (Å²) >= 11 is 4.86. The van der Waals surface area contributed by atoms with E-state index in [9.17, 15) is 9.90 Å². The average molecular weight is 284 g/mol. The SMILES string of the molecule is O=c1[nH]c(=S)[nH]c2ncn([C@@H]3C[C@H](O)[C@@H](CO)O3)c12. The number of imidazole rings is 1. The van der Waals surface area contributed by atoms with E-state index < -0.39 is 18.4 Å². The van der Waals surface area contributed by atoms with Crippen LogP contribution in [0.4, 0.5) is 0 Å². The summed E-state index contributed by atoms with van der Waals surface area (Å²) in [6.45, 7) is -0.275. The molecule has 0 spiro atoms. The van der Waals surface area contributed by atoms with Crippen molar-refractivity contribution in [2.24, 2.45) is 0 Å². The van der Waals surface area contributed by atoms with Gasteiger partial charge in [0.25, 0.3) is 5.56 Å². The first-order valence-electron chi connectivity index (χ1n) is 5.73. The normalized spacial score (nSPS) is 27.2. The number of ether oxygens (including phenoxy) is 1. The molecule has 1 saturated heterocycles. The van der Waals surface area contributed by atoms with Gasteiger partial charge < -0.3 is 19.9 Å². The van der Waals surface area contributed by atoms with E-state index in [-0.39, 0.29) is 23.4 Å². The lowest BCUT2D eigenvalue weighted by Crippen LogP contribution is -2.24. The highest BCUT2D eigenvalue weighted by Crippen LogP contribution is 2.29. The van der Waals surface area contributed by atoms with Gasteiger partial charge in [0, 0.05) is 6.42 Å². The molecule has 1 aliphatic heterocycles. The maximum Gasteiger partial charge on any atom is 0.278 e. The summed E-state index contributed by atoms with van der Waals surface area (Å²) in [6, 6.07) is 0. The minimum Gasteiger partial charge on any atom is -0.394 e. The number of aliphatic hydroxyl groups excluding tert-OH is 2. The third kappa shape index (κ3) is 2.00. The summed E-state index contributed by atoms with van der Waals surface area (Å²) in [5, 5.41) is 18.8. The first-order valence-corrected chi connectivity index (χ1v) is 6.14. The highest BCUT2D eigenvalue weighted by atomic mass is 32.1. The molecule has 0 bridgehead atoms. The molecule has 0 aliphatic carbocycles. The average Bonchev–Trinajstić information content (AvgIpc) is 2.92. The van der Waals surface area contributed by atoms with Gasteiger partial charge in [-0.05, 0) is 12.2 Å². The third-order valence-electron chi connectivity index (χ3n) is 3.16. The number of nitrogens with zero attached hydrogens (tertiary/aromatic N) is 2. The Labute approximate surface area is 111 Å². The Bertz CT molecular complexity index is 720. The summed E-state index contributed by atoms with van der Waals surface area (Å²) in [7, 11) is 0. The predicted molar refractivity (Wildman–Crippen MR) is 67.2 cm³/mol. The van der Waals surface area contributed by atoms with Crippen LogP contribution in [0.2, 0.25) is 0 Å². The van der Waals surface area contributed by atoms with Gasteiger partial charge in [0.05, 0.1) is 19.0 Å². The summed E-state index contributed by atoms with van der Waals surface area (Å²) in [6.07, 6.45) is -0.228. The van der Waals surface area contributed by atoms with Crippen molar-refractivity contribution < 1.29 is 14.9 Å². The van der Waals surface area contributed by atoms with E-state index in [0.717, 1.165) is 0 Å². The van der Waals surface area contributed by atoms with Crippen molar-refractivity contribution in [2.75, 3.05) is 6.61 Å². The highest BCUT2D eigenvalue weighted by molar-refractivity contribution is 7.71. The fourth-order valence-electron chi connectivity index (χ4n) is 2.25. The van der Waals surface area contributed by atoms with Crippen LogP contribution in [0.3, 0.4) is 0 Å². The number of H-pyrrole nitrogens is 2. The lowest BCUT2D eigenvalue weighted by molar-refractivity contribution is -0.0431. The van der Waals surface area contributed by atoms with Gasteiger partial charge in [-0.2, -0.15) is 0 Å². The van der Waals surface area contributed by atoms with Crippen LogP contribution >= 0.6 is 12.2 Å². The van der Waals surface area contributed by atoms with Crippen molar-refractivity contribution >= 4 is 23.4 Å². The molecule has 3 atom stereocenters. The first-order chi connectivity index (χ1) is 9.10. The molecular formula is C10H12N4O4S. The van der Waals surface area contributed by atoms with Crippen molar-refractivity contribution in [3.63, 3.8) is 0 Å². The van der Waals surface area contributed by atoms with Crippen LogP contribution in [-0.4, -0.2) is 48.5 Å². The van der Waals surface area contributed by atoms with Crippen molar-refractivity contribution in [3.8, 4) is 0 Å². The number of aromatic nitrogens is 4. The maximum atomic E-state index is 11.9. The van der Waals surface area contributed by atoms with Crippen LogP contribution < -0.4 is 5.56 Å². The van der Waals surface area contributed by atoms with Gasteiger partial charge in [-0.1, -0.05) is 0 Å². The molecule has 9 heteroatoms. The van der Waals surface area contributed by atoms with Gasteiger partial charge in [0.15, 0.2) is 15.9 Å². The molecule has 1 aliphatic rings. The van der Waals surface area contributed by atoms with Gasteiger partial charge in [0.1, 0.15) is 12.3 Å². The molecule has 3 rings (SSSR count). The van der Waals surface area contributed by atoms with Crippen LogP contribution in [0, 0.1) is 4.77 Å². The maximum absolute atomic E-state index is 11.9. The molecule has 0 aromatic carbocycles. The Kier molecular flexibility index (Phi) is 2.97. The lowest BCUT2D eigenvalue weighted by atomic mass is 10.2. The molecule has 2 aromatic heterocycles. The van der Waals surface area contributed by atoms with E-state index >= 15 is 0 Å². The van der Waals surface area contributed by atoms with Gasteiger partial charge in [-0.15, -0.1) is 0 Å². The number of rotatable bonds is 2. The molecule has 0 saturated carbocycles. The van der Waals surface area contributed by atoms with Crippen molar-refractivity contribution in [1.82, 2.24) is 19.5 Å². The highest BCUT2D eigenvalue weighted by Gasteiger charge is 2.35. The molecule has 3 heterocycles.